The lowest BCUT2D eigenvalue weighted by molar-refractivity contribution is 0.237. The highest BCUT2D eigenvalue weighted by atomic mass is 32.1. The van der Waals surface area contributed by atoms with Crippen LogP contribution in [0.25, 0.3) is 10.7 Å². The van der Waals surface area contributed by atoms with Crippen LogP contribution >= 0.6 is 11.3 Å². The quantitative estimate of drug-likeness (QED) is 0.760. The highest BCUT2D eigenvalue weighted by Crippen LogP contribution is 2.26. The lowest BCUT2D eigenvalue weighted by Gasteiger charge is -2.27. The van der Waals surface area contributed by atoms with Gasteiger partial charge in [0.15, 0.2) is 5.82 Å². The second-order valence-electron chi connectivity index (χ2n) is 6.47. The fourth-order valence-electron chi connectivity index (χ4n) is 3.49. The normalized spacial score (nSPS) is 14.4. The van der Waals surface area contributed by atoms with E-state index in [1.807, 2.05) is 31.5 Å². The average molecular weight is 371 g/mol. The SMILES string of the molecule is COc1c(CN2CCc3nc(-c4cccs4)[nH]c(=O)c3C2)c(C)nn1C. The summed E-state index contributed by atoms with van der Waals surface area (Å²) in [5.74, 6) is 1.44. The Morgan fingerprint density at radius 2 is 2.27 bits per heavy atom. The Hall–Kier alpha value is -2.45. The molecule has 0 saturated heterocycles. The van der Waals surface area contributed by atoms with E-state index in [0.717, 1.165) is 46.2 Å². The molecule has 0 amide bonds. The predicted molar refractivity (Wildman–Crippen MR) is 100 cm³/mol. The molecule has 0 radical (unpaired) electrons. The molecule has 3 aromatic heterocycles. The molecular formula is C18H21N5O2S. The average Bonchev–Trinajstić information content (AvgIpc) is 3.24. The fourth-order valence-corrected chi connectivity index (χ4v) is 4.16. The molecule has 4 rings (SSSR count). The van der Waals surface area contributed by atoms with Gasteiger partial charge in [0, 0.05) is 33.1 Å². The minimum Gasteiger partial charge on any atom is -0.481 e. The first-order valence-electron chi connectivity index (χ1n) is 8.51. The number of hydrogen-bond donors (Lipinski definition) is 1. The second-order valence-corrected chi connectivity index (χ2v) is 7.42. The molecule has 0 aliphatic carbocycles. The van der Waals surface area contributed by atoms with Gasteiger partial charge in [-0.05, 0) is 18.4 Å². The van der Waals surface area contributed by atoms with E-state index in [-0.39, 0.29) is 5.56 Å². The van der Waals surface area contributed by atoms with Gasteiger partial charge in [0.2, 0.25) is 5.88 Å². The number of aryl methyl sites for hydroxylation is 2. The molecule has 1 N–H and O–H groups in total. The van der Waals surface area contributed by atoms with Gasteiger partial charge >= 0.3 is 0 Å². The number of ether oxygens (including phenoxy) is 1. The summed E-state index contributed by atoms with van der Waals surface area (Å²) in [6.07, 6.45) is 0.763. The molecule has 0 saturated carbocycles. The molecular weight excluding hydrogens is 350 g/mol. The molecule has 0 spiro atoms. The summed E-state index contributed by atoms with van der Waals surface area (Å²) in [4.78, 5) is 23.5. The maximum Gasteiger partial charge on any atom is 0.255 e. The van der Waals surface area contributed by atoms with Gasteiger partial charge in [-0.1, -0.05) is 6.07 Å². The number of aromatic amines is 1. The molecule has 0 bridgehead atoms. The smallest absolute Gasteiger partial charge is 0.255 e. The summed E-state index contributed by atoms with van der Waals surface area (Å²) in [6, 6.07) is 3.94. The number of hydrogen-bond acceptors (Lipinski definition) is 6. The Kier molecular flexibility index (Phi) is 4.37. The number of rotatable bonds is 4. The minimum absolute atomic E-state index is 0.0435. The third kappa shape index (κ3) is 2.95. The van der Waals surface area contributed by atoms with Crippen molar-refractivity contribution in [1.29, 1.82) is 0 Å². The number of nitrogens with zero attached hydrogens (tertiary/aromatic N) is 4. The summed E-state index contributed by atoms with van der Waals surface area (Å²) >= 11 is 1.58. The first-order valence-corrected chi connectivity index (χ1v) is 9.39. The van der Waals surface area contributed by atoms with Crippen molar-refractivity contribution in [1.82, 2.24) is 24.6 Å². The molecule has 4 heterocycles. The summed E-state index contributed by atoms with van der Waals surface area (Å²) < 4.78 is 7.24. The number of nitrogens with one attached hydrogen (secondary N) is 1. The van der Waals surface area contributed by atoms with Gasteiger partial charge in [-0.2, -0.15) is 5.10 Å². The van der Waals surface area contributed by atoms with Crippen LogP contribution in [0.4, 0.5) is 0 Å². The van der Waals surface area contributed by atoms with Gasteiger partial charge < -0.3 is 9.72 Å². The molecule has 0 atom stereocenters. The minimum atomic E-state index is -0.0435. The Balaban J connectivity index is 1.60. The van der Waals surface area contributed by atoms with Crippen LogP contribution in [0, 0.1) is 6.92 Å². The molecule has 1 aliphatic rings. The maximum absolute atomic E-state index is 12.6. The summed E-state index contributed by atoms with van der Waals surface area (Å²) in [5, 5.41) is 6.42. The van der Waals surface area contributed by atoms with Gasteiger partial charge in [0.05, 0.1) is 34.5 Å². The number of thiophene rings is 1. The lowest BCUT2D eigenvalue weighted by atomic mass is 10.1. The first-order chi connectivity index (χ1) is 12.6. The zero-order valence-electron chi connectivity index (χ0n) is 15.1. The van der Waals surface area contributed by atoms with Gasteiger partial charge in [0.1, 0.15) is 0 Å². The van der Waals surface area contributed by atoms with E-state index in [1.165, 1.54) is 0 Å². The van der Waals surface area contributed by atoms with Gasteiger partial charge in [-0.15, -0.1) is 11.3 Å². The Labute approximate surface area is 155 Å². The molecule has 3 aromatic rings. The number of fused-ring (bicyclic) bond motifs is 1. The third-order valence-corrected chi connectivity index (χ3v) is 5.64. The van der Waals surface area contributed by atoms with E-state index in [1.54, 1.807) is 23.1 Å². The van der Waals surface area contributed by atoms with Crippen LogP contribution < -0.4 is 10.3 Å². The van der Waals surface area contributed by atoms with Crippen LogP contribution in [0.5, 0.6) is 5.88 Å². The van der Waals surface area contributed by atoms with Gasteiger partial charge in [-0.3, -0.25) is 9.69 Å². The van der Waals surface area contributed by atoms with Crippen LogP contribution in [0.2, 0.25) is 0 Å². The molecule has 0 fully saturated rings. The largest absolute Gasteiger partial charge is 0.481 e. The van der Waals surface area contributed by atoms with E-state index < -0.39 is 0 Å². The molecule has 0 aromatic carbocycles. The first kappa shape index (κ1) is 17.0. The van der Waals surface area contributed by atoms with Crippen molar-refractivity contribution in [3.63, 3.8) is 0 Å². The summed E-state index contributed by atoms with van der Waals surface area (Å²) in [5.41, 5.74) is 3.64. The standard InChI is InChI=1S/C18H21N5O2S/c1-11-12(18(25-3)22(2)21-11)9-23-7-6-14-13(10-23)17(24)20-16(19-14)15-5-4-8-26-15/h4-5,8H,6-7,9-10H2,1-3H3,(H,19,20,24). The monoisotopic (exact) mass is 371 g/mol. The van der Waals surface area contributed by atoms with E-state index in [4.69, 9.17) is 9.72 Å². The highest BCUT2D eigenvalue weighted by molar-refractivity contribution is 7.13. The highest BCUT2D eigenvalue weighted by Gasteiger charge is 2.24. The van der Waals surface area contributed by atoms with E-state index in [2.05, 4.69) is 15.0 Å². The van der Waals surface area contributed by atoms with Gasteiger partial charge in [0.25, 0.3) is 5.56 Å². The number of methoxy groups -OCH3 is 1. The Morgan fingerprint density at radius 3 is 3.00 bits per heavy atom. The predicted octanol–water partition coefficient (Wildman–Crippen LogP) is 2.11. The Bertz CT molecular complexity index is 990. The zero-order chi connectivity index (χ0) is 18.3. The van der Waals surface area contributed by atoms with Crippen molar-refractivity contribution < 1.29 is 4.74 Å². The van der Waals surface area contributed by atoms with Crippen molar-refractivity contribution >= 4 is 11.3 Å². The molecule has 136 valence electrons. The lowest BCUT2D eigenvalue weighted by Crippen LogP contribution is -2.35. The van der Waals surface area contributed by atoms with Crippen LogP contribution in [0.3, 0.4) is 0 Å². The van der Waals surface area contributed by atoms with E-state index in [9.17, 15) is 4.79 Å². The van der Waals surface area contributed by atoms with Crippen LogP contribution in [0.1, 0.15) is 22.5 Å². The van der Waals surface area contributed by atoms with Crippen molar-refractivity contribution in [2.24, 2.45) is 7.05 Å². The van der Waals surface area contributed by atoms with Crippen LogP contribution in [-0.2, 0) is 26.6 Å². The molecule has 1 aliphatic heterocycles. The third-order valence-electron chi connectivity index (χ3n) is 4.77. The molecule has 8 heteroatoms. The van der Waals surface area contributed by atoms with Crippen LogP contribution in [-0.4, -0.2) is 38.3 Å². The molecule has 0 unspecified atom stereocenters. The Morgan fingerprint density at radius 1 is 1.42 bits per heavy atom. The topological polar surface area (TPSA) is 76.0 Å². The van der Waals surface area contributed by atoms with Crippen molar-refractivity contribution in [3.05, 3.63) is 50.4 Å². The summed E-state index contributed by atoms with van der Waals surface area (Å²) in [7, 11) is 3.54. The van der Waals surface area contributed by atoms with E-state index >= 15 is 0 Å². The maximum atomic E-state index is 12.6. The fraction of sp³-hybridized carbons (Fsp3) is 0.389. The van der Waals surface area contributed by atoms with E-state index in [0.29, 0.717) is 18.9 Å². The number of aromatic nitrogens is 4. The van der Waals surface area contributed by atoms with Crippen molar-refractivity contribution in [2.75, 3.05) is 13.7 Å². The zero-order valence-corrected chi connectivity index (χ0v) is 15.9. The second kappa shape index (κ2) is 6.69. The van der Waals surface area contributed by atoms with Crippen LogP contribution in [0.15, 0.2) is 22.3 Å². The van der Waals surface area contributed by atoms with Crippen molar-refractivity contribution in [3.8, 4) is 16.6 Å². The van der Waals surface area contributed by atoms with Gasteiger partial charge in [-0.25, -0.2) is 9.67 Å². The number of H-pyrrole nitrogens is 1. The summed E-state index contributed by atoms with van der Waals surface area (Å²) in [6.45, 7) is 4.12. The van der Waals surface area contributed by atoms with Crippen molar-refractivity contribution in [2.45, 2.75) is 26.4 Å². The molecule has 7 nitrogen and oxygen atoms in total. The molecule has 26 heavy (non-hydrogen) atoms.